The molecule has 2 nitrogen and oxygen atoms in total. The molecule has 0 radical (unpaired) electrons. The zero-order valence-corrected chi connectivity index (χ0v) is 12.3. The standard InChI is InChI=1S/C15H31NO/c1-6-8-15(17)14(7-2)16-10-11(3)9-12(4)13(16)5/h11-15,17H,6-10H2,1-5H3. The first-order chi connectivity index (χ1) is 8.01. The molecule has 1 aliphatic heterocycles. The van der Waals surface area contributed by atoms with Crippen LogP contribution in [0.2, 0.25) is 0 Å². The van der Waals surface area contributed by atoms with Crippen LogP contribution >= 0.6 is 0 Å². The van der Waals surface area contributed by atoms with E-state index in [2.05, 4.69) is 39.5 Å². The van der Waals surface area contributed by atoms with Crippen molar-refractivity contribution in [3.05, 3.63) is 0 Å². The molecule has 2 heteroatoms. The minimum Gasteiger partial charge on any atom is -0.391 e. The van der Waals surface area contributed by atoms with Gasteiger partial charge in [0.2, 0.25) is 0 Å². The van der Waals surface area contributed by atoms with Gasteiger partial charge in [-0.15, -0.1) is 0 Å². The van der Waals surface area contributed by atoms with Gasteiger partial charge in [0.05, 0.1) is 6.10 Å². The second kappa shape index (κ2) is 6.75. The molecule has 5 unspecified atom stereocenters. The van der Waals surface area contributed by atoms with Crippen molar-refractivity contribution in [1.29, 1.82) is 0 Å². The monoisotopic (exact) mass is 241 g/mol. The summed E-state index contributed by atoms with van der Waals surface area (Å²) < 4.78 is 0. The lowest BCUT2D eigenvalue weighted by atomic mass is 9.83. The third kappa shape index (κ3) is 3.69. The summed E-state index contributed by atoms with van der Waals surface area (Å²) in [6.45, 7) is 12.5. The Morgan fingerprint density at radius 1 is 1.24 bits per heavy atom. The summed E-state index contributed by atoms with van der Waals surface area (Å²) in [6.07, 6.45) is 4.25. The fourth-order valence-corrected chi connectivity index (χ4v) is 3.41. The summed E-state index contributed by atoms with van der Waals surface area (Å²) in [6, 6.07) is 0.970. The van der Waals surface area contributed by atoms with Crippen LogP contribution in [0, 0.1) is 11.8 Å². The second-order valence-electron chi connectivity index (χ2n) is 6.09. The van der Waals surface area contributed by atoms with Gasteiger partial charge < -0.3 is 5.11 Å². The largest absolute Gasteiger partial charge is 0.391 e. The fraction of sp³-hybridized carbons (Fsp3) is 1.00. The highest BCUT2D eigenvalue weighted by atomic mass is 16.3. The van der Waals surface area contributed by atoms with Crippen LogP contribution < -0.4 is 0 Å². The van der Waals surface area contributed by atoms with E-state index < -0.39 is 0 Å². The van der Waals surface area contributed by atoms with Crippen molar-refractivity contribution in [1.82, 2.24) is 4.90 Å². The molecule has 0 saturated carbocycles. The van der Waals surface area contributed by atoms with Crippen molar-refractivity contribution in [2.24, 2.45) is 11.8 Å². The number of hydrogen-bond donors (Lipinski definition) is 1. The molecular weight excluding hydrogens is 210 g/mol. The Balaban J connectivity index is 2.71. The Bertz CT molecular complexity index is 219. The molecule has 0 aromatic carbocycles. The Morgan fingerprint density at radius 3 is 2.41 bits per heavy atom. The predicted octanol–water partition coefficient (Wildman–Crippen LogP) is 3.29. The Kier molecular flexibility index (Phi) is 5.94. The van der Waals surface area contributed by atoms with Gasteiger partial charge in [-0.2, -0.15) is 0 Å². The SMILES string of the molecule is CCCC(O)C(CC)N1CC(C)CC(C)C1C. The van der Waals surface area contributed by atoms with Crippen molar-refractivity contribution in [3.8, 4) is 0 Å². The van der Waals surface area contributed by atoms with Crippen LogP contribution in [-0.2, 0) is 0 Å². The van der Waals surface area contributed by atoms with Crippen molar-refractivity contribution in [3.63, 3.8) is 0 Å². The van der Waals surface area contributed by atoms with Crippen molar-refractivity contribution < 1.29 is 5.11 Å². The molecule has 17 heavy (non-hydrogen) atoms. The number of rotatable bonds is 5. The summed E-state index contributed by atoms with van der Waals surface area (Å²) in [7, 11) is 0. The van der Waals surface area contributed by atoms with Gasteiger partial charge >= 0.3 is 0 Å². The van der Waals surface area contributed by atoms with Crippen LogP contribution in [0.4, 0.5) is 0 Å². The Labute approximate surface area is 107 Å². The Morgan fingerprint density at radius 2 is 1.88 bits per heavy atom. The quantitative estimate of drug-likeness (QED) is 0.798. The van der Waals surface area contributed by atoms with E-state index in [1.165, 1.54) is 6.42 Å². The van der Waals surface area contributed by atoms with Gasteiger partial charge in [-0.1, -0.05) is 34.1 Å². The molecule has 5 atom stereocenters. The number of hydrogen-bond acceptors (Lipinski definition) is 2. The summed E-state index contributed by atoms with van der Waals surface area (Å²) >= 11 is 0. The molecular formula is C15H31NO. The van der Waals surface area contributed by atoms with E-state index in [0.29, 0.717) is 12.1 Å². The maximum absolute atomic E-state index is 10.3. The summed E-state index contributed by atoms with van der Waals surface area (Å²) in [4.78, 5) is 2.57. The highest BCUT2D eigenvalue weighted by molar-refractivity contribution is 4.88. The molecule has 0 aromatic heterocycles. The van der Waals surface area contributed by atoms with E-state index in [4.69, 9.17) is 0 Å². The molecule has 1 saturated heterocycles. The molecule has 1 fully saturated rings. The normalized spacial score (nSPS) is 34.6. The molecule has 1 aliphatic rings. The summed E-state index contributed by atoms with van der Waals surface area (Å²) in [5, 5.41) is 10.3. The van der Waals surface area contributed by atoms with Crippen molar-refractivity contribution >= 4 is 0 Å². The van der Waals surface area contributed by atoms with Crippen LogP contribution in [0.15, 0.2) is 0 Å². The van der Waals surface area contributed by atoms with E-state index in [1.54, 1.807) is 0 Å². The lowest BCUT2D eigenvalue weighted by Gasteiger charge is -2.46. The van der Waals surface area contributed by atoms with Crippen LogP contribution in [0.5, 0.6) is 0 Å². The number of aliphatic hydroxyl groups is 1. The van der Waals surface area contributed by atoms with E-state index in [0.717, 1.165) is 37.6 Å². The van der Waals surface area contributed by atoms with Crippen LogP contribution in [0.1, 0.15) is 60.3 Å². The molecule has 0 amide bonds. The minimum atomic E-state index is -0.148. The molecule has 0 bridgehead atoms. The maximum atomic E-state index is 10.3. The molecule has 1 rings (SSSR count). The number of nitrogens with zero attached hydrogens (tertiary/aromatic N) is 1. The molecule has 1 N–H and O–H groups in total. The van der Waals surface area contributed by atoms with Gasteiger partial charge in [0.15, 0.2) is 0 Å². The molecule has 0 spiro atoms. The zero-order valence-electron chi connectivity index (χ0n) is 12.3. The maximum Gasteiger partial charge on any atom is 0.0695 e. The van der Waals surface area contributed by atoms with E-state index in [9.17, 15) is 5.11 Å². The number of likely N-dealkylation sites (tertiary alicyclic amines) is 1. The average Bonchev–Trinajstić information content (AvgIpc) is 2.26. The zero-order chi connectivity index (χ0) is 13.0. The summed E-state index contributed by atoms with van der Waals surface area (Å²) in [5.74, 6) is 1.52. The predicted molar refractivity (Wildman–Crippen MR) is 74.1 cm³/mol. The lowest BCUT2D eigenvalue weighted by molar-refractivity contribution is -0.0238. The van der Waals surface area contributed by atoms with Gasteiger partial charge in [0, 0.05) is 18.6 Å². The smallest absolute Gasteiger partial charge is 0.0695 e. The molecule has 0 aliphatic carbocycles. The van der Waals surface area contributed by atoms with Gasteiger partial charge in [0.25, 0.3) is 0 Å². The number of piperidine rings is 1. The third-order valence-corrected chi connectivity index (χ3v) is 4.52. The van der Waals surface area contributed by atoms with E-state index >= 15 is 0 Å². The van der Waals surface area contributed by atoms with Crippen LogP contribution in [0.3, 0.4) is 0 Å². The minimum absolute atomic E-state index is 0.148. The van der Waals surface area contributed by atoms with Gasteiger partial charge in [-0.3, -0.25) is 4.90 Å². The average molecular weight is 241 g/mol. The van der Waals surface area contributed by atoms with Crippen LogP contribution in [0.25, 0.3) is 0 Å². The first kappa shape index (κ1) is 15.0. The Hall–Kier alpha value is -0.0800. The molecule has 102 valence electrons. The topological polar surface area (TPSA) is 23.5 Å². The van der Waals surface area contributed by atoms with Crippen molar-refractivity contribution in [2.75, 3.05) is 6.54 Å². The van der Waals surface area contributed by atoms with Gasteiger partial charge in [-0.25, -0.2) is 0 Å². The molecule has 0 aromatic rings. The first-order valence-corrected chi connectivity index (χ1v) is 7.44. The van der Waals surface area contributed by atoms with Crippen molar-refractivity contribution in [2.45, 2.75) is 78.5 Å². The van der Waals surface area contributed by atoms with Gasteiger partial charge in [-0.05, 0) is 38.0 Å². The lowest BCUT2D eigenvalue weighted by Crippen LogP contribution is -2.54. The highest BCUT2D eigenvalue weighted by Crippen LogP contribution is 2.30. The fourth-order valence-electron chi connectivity index (χ4n) is 3.41. The van der Waals surface area contributed by atoms with Crippen LogP contribution in [-0.4, -0.2) is 34.7 Å². The van der Waals surface area contributed by atoms with E-state index in [-0.39, 0.29) is 6.10 Å². The van der Waals surface area contributed by atoms with E-state index in [1.807, 2.05) is 0 Å². The molecule has 1 heterocycles. The highest BCUT2D eigenvalue weighted by Gasteiger charge is 2.35. The summed E-state index contributed by atoms with van der Waals surface area (Å²) in [5.41, 5.74) is 0. The first-order valence-electron chi connectivity index (χ1n) is 7.44. The third-order valence-electron chi connectivity index (χ3n) is 4.52. The van der Waals surface area contributed by atoms with Gasteiger partial charge in [0.1, 0.15) is 0 Å². The second-order valence-corrected chi connectivity index (χ2v) is 6.09. The number of aliphatic hydroxyl groups excluding tert-OH is 1.